The number of imidazole rings is 1. The number of carboxylic acids is 1. The molecule has 13 heteroatoms. The van der Waals surface area contributed by atoms with Crippen LogP contribution in [0.3, 0.4) is 0 Å². The fourth-order valence-electron chi connectivity index (χ4n) is 5.55. The second-order valence-corrected chi connectivity index (χ2v) is 11.0. The number of hydrogen-bond donors (Lipinski definition) is 2. The smallest absolute Gasteiger partial charge is 0.434 e. The van der Waals surface area contributed by atoms with Gasteiger partial charge in [-0.15, -0.1) is 0 Å². The average Bonchev–Trinajstić information content (AvgIpc) is 3.35. The summed E-state index contributed by atoms with van der Waals surface area (Å²) in [6.45, 7) is 6.33. The lowest BCUT2D eigenvalue weighted by atomic mass is 9.77. The van der Waals surface area contributed by atoms with Gasteiger partial charge in [0.1, 0.15) is 10.8 Å². The highest BCUT2D eigenvalue weighted by molar-refractivity contribution is 6.29. The summed E-state index contributed by atoms with van der Waals surface area (Å²) in [5, 5.41) is 13.3. The van der Waals surface area contributed by atoms with Gasteiger partial charge in [0, 0.05) is 35.7 Å². The molecule has 2 fully saturated rings. The van der Waals surface area contributed by atoms with Crippen molar-refractivity contribution in [3.8, 4) is 0 Å². The minimum atomic E-state index is -4.62. The molecule has 3 aromatic heterocycles. The largest absolute Gasteiger partial charge is 0.476 e. The van der Waals surface area contributed by atoms with Crippen molar-refractivity contribution < 1.29 is 27.8 Å². The third-order valence-corrected chi connectivity index (χ3v) is 7.98. The summed E-state index contributed by atoms with van der Waals surface area (Å²) in [6, 6.07) is 6.19. The summed E-state index contributed by atoms with van der Waals surface area (Å²) in [4.78, 5) is 26.7. The Morgan fingerprint density at radius 2 is 1.90 bits per heavy atom. The minimum absolute atomic E-state index is 0.0434. The molecule has 0 amide bonds. The first-order chi connectivity index (χ1) is 18.9. The number of rotatable bonds is 5. The zero-order valence-corrected chi connectivity index (χ0v) is 22.5. The number of nitrogens with one attached hydrogen (secondary N) is 1. The van der Waals surface area contributed by atoms with Crippen LogP contribution in [0.2, 0.25) is 5.15 Å². The molecule has 1 aromatic carbocycles. The molecule has 0 radical (unpaired) electrons. The molecule has 0 unspecified atom stereocenters. The quantitative estimate of drug-likeness (QED) is 0.291. The lowest BCUT2D eigenvalue weighted by Crippen LogP contribution is -2.51. The first-order valence-corrected chi connectivity index (χ1v) is 13.2. The van der Waals surface area contributed by atoms with Crippen molar-refractivity contribution in [2.75, 3.05) is 36.5 Å². The van der Waals surface area contributed by atoms with Gasteiger partial charge in [0.2, 0.25) is 5.95 Å². The van der Waals surface area contributed by atoms with E-state index >= 15 is 0 Å². The molecule has 1 spiro atoms. The van der Waals surface area contributed by atoms with Crippen molar-refractivity contribution in [1.82, 2.24) is 19.4 Å². The van der Waals surface area contributed by atoms with Crippen molar-refractivity contribution in [3.05, 3.63) is 58.1 Å². The van der Waals surface area contributed by atoms with Crippen LogP contribution >= 0.6 is 11.6 Å². The summed E-state index contributed by atoms with van der Waals surface area (Å²) >= 11 is 5.91. The van der Waals surface area contributed by atoms with E-state index < -0.39 is 23.9 Å². The molecule has 0 saturated carbocycles. The number of hydrogen-bond acceptors (Lipinski definition) is 7. The number of aryl methyl sites for hydroxylation is 1. The molecule has 2 saturated heterocycles. The second kappa shape index (κ2) is 9.48. The van der Waals surface area contributed by atoms with Gasteiger partial charge in [0.05, 0.1) is 30.5 Å². The van der Waals surface area contributed by atoms with Crippen LogP contribution in [-0.2, 0) is 10.9 Å². The van der Waals surface area contributed by atoms with Gasteiger partial charge in [-0.2, -0.15) is 13.2 Å². The number of halogens is 4. The Bertz CT molecular complexity index is 1640. The van der Waals surface area contributed by atoms with Crippen LogP contribution in [0, 0.1) is 12.3 Å². The number of ether oxygens (including phenoxy) is 1. The molecule has 1 atom stereocenters. The number of alkyl halides is 3. The lowest BCUT2D eigenvalue weighted by Gasteiger charge is -2.47. The Kier molecular flexibility index (Phi) is 6.30. The molecule has 6 rings (SSSR count). The van der Waals surface area contributed by atoms with Crippen molar-refractivity contribution >= 4 is 45.8 Å². The normalized spacial score (nSPS) is 17.8. The van der Waals surface area contributed by atoms with E-state index in [9.17, 15) is 23.1 Å². The number of anilines is 2. The number of nitrogens with zero attached hydrogens (tertiary/aromatic N) is 5. The van der Waals surface area contributed by atoms with E-state index in [1.165, 1.54) is 16.5 Å². The molecule has 0 bridgehead atoms. The zero-order valence-electron chi connectivity index (χ0n) is 21.7. The van der Waals surface area contributed by atoms with E-state index in [0.717, 1.165) is 24.6 Å². The number of fused-ring (bicyclic) bond motifs is 3. The van der Waals surface area contributed by atoms with Crippen molar-refractivity contribution in [2.24, 2.45) is 5.41 Å². The number of aromatic nitrogens is 4. The molecule has 9 nitrogen and oxygen atoms in total. The van der Waals surface area contributed by atoms with Crippen LogP contribution in [0.25, 0.3) is 16.6 Å². The predicted octanol–water partition coefficient (Wildman–Crippen LogP) is 5.75. The van der Waals surface area contributed by atoms with Crippen molar-refractivity contribution in [1.29, 1.82) is 0 Å². The Labute approximate surface area is 231 Å². The number of aromatic carboxylic acids is 1. The standard InChI is InChI=1S/C27H26ClF3N6O3/c1-14-9-16(15(2)32-18-3-4-20(28)34-22(18)24(38)39)21-17(10-14)23-33-19(27(29,30)31)11-37(23)25(35-21)36-7-5-26(6-8-36)12-40-13-26/h3-4,9-11,15,32H,5-8,12-13H2,1-2H3,(H,38,39)/t15-/m1/s1. The van der Waals surface area contributed by atoms with Gasteiger partial charge in [-0.25, -0.2) is 19.7 Å². The first-order valence-electron chi connectivity index (χ1n) is 12.8. The predicted molar refractivity (Wildman–Crippen MR) is 143 cm³/mol. The molecule has 210 valence electrons. The Hall–Kier alpha value is -3.64. The molecule has 4 aromatic rings. The summed E-state index contributed by atoms with van der Waals surface area (Å²) in [5.74, 6) is -0.859. The third kappa shape index (κ3) is 4.58. The highest BCUT2D eigenvalue weighted by atomic mass is 35.5. The maximum Gasteiger partial charge on any atom is 0.434 e. The van der Waals surface area contributed by atoms with Crippen LogP contribution in [0.15, 0.2) is 30.5 Å². The highest BCUT2D eigenvalue weighted by Crippen LogP contribution is 2.41. The van der Waals surface area contributed by atoms with E-state index in [1.807, 2.05) is 24.8 Å². The third-order valence-electron chi connectivity index (χ3n) is 7.77. The van der Waals surface area contributed by atoms with Crippen molar-refractivity contribution in [3.63, 3.8) is 0 Å². The fourth-order valence-corrected chi connectivity index (χ4v) is 5.70. The number of pyridine rings is 1. The van der Waals surface area contributed by atoms with Crippen LogP contribution in [0.4, 0.5) is 24.8 Å². The van der Waals surface area contributed by atoms with Crippen molar-refractivity contribution in [2.45, 2.75) is 38.9 Å². The van der Waals surface area contributed by atoms with Gasteiger partial charge in [0.25, 0.3) is 0 Å². The average molecular weight is 575 g/mol. The summed E-state index contributed by atoms with van der Waals surface area (Å²) in [5.41, 5.74) is 1.28. The lowest BCUT2D eigenvalue weighted by molar-refractivity contribution is -0.140. The molecule has 2 aliphatic rings. The first kappa shape index (κ1) is 26.6. The minimum Gasteiger partial charge on any atom is -0.476 e. The van der Waals surface area contributed by atoms with Gasteiger partial charge >= 0.3 is 12.1 Å². The number of benzene rings is 1. The van der Waals surface area contributed by atoms with Gasteiger partial charge in [0.15, 0.2) is 11.4 Å². The summed E-state index contributed by atoms with van der Waals surface area (Å²) in [6.07, 6.45) is -1.90. The van der Waals surface area contributed by atoms with Gasteiger partial charge in [-0.05, 0) is 50.5 Å². The van der Waals surface area contributed by atoms with Crippen LogP contribution in [0.5, 0.6) is 0 Å². The molecule has 2 aliphatic heterocycles. The maximum atomic E-state index is 13.8. The van der Waals surface area contributed by atoms with Gasteiger partial charge < -0.3 is 20.1 Å². The number of carbonyl (C=O) groups is 1. The summed E-state index contributed by atoms with van der Waals surface area (Å²) < 4.78 is 48.3. The van der Waals surface area contributed by atoms with E-state index in [2.05, 4.69) is 15.3 Å². The molecule has 5 heterocycles. The van der Waals surface area contributed by atoms with Crippen LogP contribution in [0.1, 0.15) is 53.1 Å². The van der Waals surface area contributed by atoms with Crippen LogP contribution < -0.4 is 10.2 Å². The molecule has 40 heavy (non-hydrogen) atoms. The van der Waals surface area contributed by atoms with Crippen LogP contribution in [-0.4, -0.2) is 56.7 Å². The Balaban J connectivity index is 1.49. The Morgan fingerprint density at radius 1 is 1.18 bits per heavy atom. The second-order valence-electron chi connectivity index (χ2n) is 10.7. The SMILES string of the molecule is Cc1cc([C@@H](C)Nc2ccc(Cl)nc2C(=O)O)c2nc(N3CCC4(CC3)COC4)n3cc(C(F)(F)F)nc3c2c1. The van der Waals surface area contributed by atoms with E-state index in [0.29, 0.717) is 48.7 Å². The topological polar surface area (TPSA) is 105 Å². The molecular weight excluding hydrogens is 549 g/mol. The number of carboxylic acid groups (broad SMARTS) is 1. The number of piperidine rings is 1. The van der Waals surface area contributed by atoms with Gasteiger partial charge in [-0.3, -0.25) is 4.40 Å². The fraction of sp³-hybridized carbons (Fsp3) is 0.407. The van der Waals surface area contributed by atoms with Gasteiger partial charge in [-0.1, -0.05) is 17.7 Å². The zero-order chi connectivity index (χ0) is 28.4. The molecule has 2 N–H and O–H groups in total. The highest BCUT2D eigenvalue weighted by Gasteiger charge is 2.42. The van der Waals surface area contributed by atoms with E-state index in [1.54, 1.807) is 6.07 Å². The molecular formula is C27H26ClF3N6O3. The maximum absolute atomic E-state index is 13.8. The molecule has 0 aliphatic carbocycles. The Morgan fingerprint density at radius 3 is 2.52 bits per heavy atom. The monoisotopic (exact) mass is 574 g/mol. The van der Waals surface area contributed by atoms with E-state index in [4.69, 9.17) is 21.3 Å². The summed E-state index contributed by atoms with van der Waals surface area (Å²) in [7, 11) is 0. The van der Waals surface area contributed by atoms with E-state index in [-0.39, 0.29) is 27.6 Å².